The third kappa shape index (κ3) is 3.52. The van der Waals surface area contributed by atoms with Gasteiger partial charge in [-0.15, -0.1) is 0 Å². The van der Waals surface area contributed by atoms with E-state index in [4.69, 9.17) is 9.47 Å². The monoisotopic (exact) mass is 419 g/mol. The van der Waals surface area contributed by atoms with Crippen molar-refractivity contribution in [1.82, 2.24) is 14.5 Å². The molecule has 31 heavy (non-hydrogen) atoms. The zero-order chi connectivity index (χ0) is 22.1. The lowest BCUT2D eigenvalue weighted by Crippen LogP contribution is -2.27. The maximum absolute atomic E-state index is 12.9. The molecule has 0 spiro atoms. The van der Waals surface area contributed by atoms with Crippen LogP contribution in [0.2, 0.25) is 0 Å². The minimum atomic E-state index is -0.230. The number of amides is 1. The molecule has 1 amide bonds. The largest absolute Gasteiger partial charge is 0.497 e. The van der Waals surface area contributed by atoms with Gasteiger partial charge in [0, 0.05) is 26.0 Å². The van der Waals surface area contributed by atoms with Crippen LogP contribution >= 0.6 is 0 Å². The van der Waals surface area contributed by atoms with Gasteiger partial charge >= 0.3 is 0 Å². The van der Waals surface area contributed by atoms with Gasteiger partial charge in [0.2, 0.25) is 0 Å². The lowest BCUT2D eigenvalue weighted by molar-refractivity contribution is 0.0946. The van der Waals surface area contributed by atoms with Gasteiger partial charge in [0.1, 0.15) is 17.2 Å². The number of ether oxygens (including phenoxy) is 2. The number of hydrogen-bond donors (Lipinski definition) is 1. The molecule has 0 saturated carbocycles. The third-order valence-corrected chi connectivity index (χ3v) is 5.69. The number of methoxy groups -OCH3 is 2. The van der Waals surface area contributed by atoms with E-state index < -0.39 is 0 Å². The summed E-state index contributed by atoms with van der Waals surface area (Å²) in [5.74, 6) is 1.25. The molecule has 4 aromatic rings. The highest BCUT2D eigenvalue weighted by atomic mass is 16.5. The van der Waals surface area contributed by atoms with E-state index in [0.717, 1.165) is 33.5 Å². The SMILES string of the molecule is COc1ccc(OC)c(CCNC(=O)c2cc3c(=O)n(C)c4ccccc4c3n2C)c1. The highest BCUT2D eigenvalue weighted by Gasteiger charge is 2.18. The predicted octanol–water partition coefficient (Wildman–Crippen LogP) is 3.02. The fourth-order valence-electron chi connectivity index (χ4n) is 4.04. The molecule has 0 aliphatic carbocycles. The van der Waals surface area contributed by atoms with Gasteiger partial charge in [-0.3, -0.25) is 9.59 Å². The van der Waals surface area contributed by atoms with Gasteiger partial charge in [0.05, 0.1) is 30.6 Å². The summed E-state index contributed by atoms with van der Waals surface area (Å²) in [6.45, 7) is 0.419. The first-order chi connectivity index (χ1) is 15.0. The van der Waals surface area contributed by atoms with Crippen molar-refractivity contribution >= 4 is 27.7 Å². The van der Waals surface area contributed by atoms with Crippen molar-refractivity contribution in [2.45, 2.75) is 6.42 Å². The molecular weight excluding hydrogens is 394 g/mol. The molecule has 0 aliphatic heterocycles. The van der Waals surface area contributed by atoms with Crippen molar-refractivity contribution < 1.29 is 14.3 Å². The second-order valence-electron chi connectivity index (χ2n) is 7.42. The maximum atomic E-state index is 12.9. The standard InChI is InChI=1S/C24H25N3O4/c1-26-20(14-18-22(26)17-7-5-6-8-19(17)27(2)24(18)29)23(28)25-12-11-15-13-16(30-3)9-10-21(15)31-4/h5-10,13-14H,11-12H2,1-4H3,(H,25,28). The van der Waals surface area contributed by atoms with Gasteiger partial charge < -0.3 is 23.9 Å². The highest BCUT2D eigenvalue weighted by molar-refractivity contribution is 6.08. The number of pyridine rings is 1. The lowest BCUT2D eigenvalue weighted by atomic mass is 10.1. The van der Waals surface area contributed by atoms with Crippen molar-refractivity contribution in [2.24, 2.45) is 14.1 Å². The second kappa shape index (κ2) is 8.18. The molecule has 0 saturated heterocycles. The van der Waals surface area contributed by atoms with E-state index in [9.17, 15) is 9.59 Å². The Morgan fingerprint density at radius 3 is 2.48 bits per heavy atom. The number of hydrogen-bond acceptors (Lipinski definition) is 4. The molecule has 2 aromatic carbocycles. The van der Waals surface area contributed by atoms with Crippen LogP contribution in [0.1, 0.15) is 16.1 Å². The van der Waals surface area contributed by atoms with E-state index in [1.807, 2.05) is 49.5 Å². The molecule has 0 radical (unpaired) electrons. The Morgan fingerprint density at radius 1 is 0.968 bits per heavy atom. The number of nitrogens with one attached hydrogen (secondary N) is 1. The van der Waals surface area contributed by atoms with Gasteiger partial charge in [0.15, 0.2) is 0 Å². The van der Waals surface area contributed by atoms with Crippen LogP contribution in [0.5, 0.6) is 11.5 Å². The number of rotatable bonds is 6. The Morgan fingerprint density at radius 2 is 1.74 bits per heavy atom. The first kappa shape index (κ1) is 20.5. The molecular formula is C24H25N3O4. The van der Waals surface area contributed by atoms with Crippen LogP contribution in [-0.4, -0.2) is 35.8 Å². The van der Waals surface area contributed by atoms with E-state index in [2.05, 4.69) is 5.32 Å². The second-order valence-corrected chi connectivity index (χ2v) is 7.42. The van der Waals surface area contributed by atoms with Gasteiger partial charge in [0.25, 0.3) is 11.5 Å². The molecule has 4 rings (SSSR count). The van der Waals surface area contributed by atoms with E-state index in [-0.39, 0.29) is 11.5 Å². The van der Waals surface area contributed by atoms with Crippen molar-refractivity contribution in [2.75, 3.05) is 20.8 Å². The molecule has 0 bridgehead atoms. The minimum Gasteiger partial charge on any atom is -0.497 e. The average Bonchev–Trinajstić information content (AvgIpc) is 3.14. The van der Waals surface area contributed by atoms with E-state index in [1.54, 1.807) is 36.5 Å². The Balaban J connectivity index is 1.62. The summed E-state index contributed by atoms with van der Waals surface area (Å²) in [5.41, 5.74) is 2.86. The quantitative estimate of drug-likeness (QED) is 0.521. The molecule has 0 atom stereocenters. The molecule has 0 fully saturated rings. The zero-order valence-electron chi connectivity index (χ0n) is 18.1. The van der Waals surface area contributed by atoms with E-state index in [1.165, 1.54) is 0 Å². The van der Waals surface area contributed by atoms with Crippen LogP contribution in [-0.2, 0) is 20.5 Å². The van der Waals surface area contributed by atoms with Gasteiger partial charge in [-0.05, 0) is 42.3 Å². The number of carbonyl (C=O) groups is 1. The molecule has 0 aliphatic rings. The molecule has 0 unspecified atom stereocenters. The fourth-order valence-corrected chi connectivity index (χ4v) is 4.04. The Bertz CT molecular complexity index is 1350. The van der Waals surface area contributed by atoms with Gasteiger partial charge in [-0.2, -0.15) is 0 Å². The smallest absolute Gasteiger partial charge is 0.267 e. The average molecular weight is 419 g/mol. The van der Waals surface area contributed by atoms with Crippen molar-refractivity contribution in [1.29, 1.82) is 0 Å². The Hall–Kier alpha value is -3.74. The summed E-state index contributed by atoms with van der Waals surface area (Å²) < 4.78 is 14.1. The summed E-state index contributed by atoms with van der Waals surface area (Å²) in [7, 11) is 6.79. The normalized spacial score (nSPS) is 11.1. The van der Waals surface area contributed by atoms with Gasteiger partial charge in [-0.25, -0.2) is 0 Å². The van der Waals surface area contributed by atoms with Crippen LogP contribution in [0.4, 0.5) is 0 Å². The molecule has 2 aromatic heterocycles. The van der Waals surface area contributed by atoms with Crippen molar-refractivity contribution in [3.63, 3.8) is 0 Å². The number of para-hydroxylation sites is 1. The van der Waals surface area contributed by atoms with Crippen LogP contribution < -0.4 is 20.3 Å². The molecule has 2 heterocycles. The lowest BCUT2D eigenvalue weighted by Gasteiger charge is -2.11. The van der Waals surface area contributed by atoms with Crippen LogP contribution in [0.15, 0.2) is 53.3 Å². The summed E-state index contributed by atoms with van der Waals surface area (Å²) in [6.07, 6.45) is 0.584. The van der Waals surface area contributed by atoms with Crippen molar-refractivity contribution in [3.05, 3.63) is 70.1 Å². The summed E-state index contributed by atoms with van der Waals surface area (Å²) in [6, 6.07) is 15.0. The van der Waals surface area contributed by atoms with E-state index in [0.29, 0.717) is 24.0 Å². The number of aromatic nitrogens is 2. The van der Waals surface area contributed by atoms with Crippen LogP contribution in [0, 0.1) is 0 Å². The molecule has 7 heteroatoms. The first-order valence-corrected chi connectivity index (χ1v) is 10.0. The zero-order valence-corrected chi connectivity index (χ0v) is 18.1. The molecule has 1 N–H and O–H groups in total. The van der Waals surface area contributed by atoms with Crippen molar-refractivity contribution in [3.8, 4) is 11.5 Å². The number of carbonyl (C=O) groups excluding carboxylic acids is 1. The topological polar surface area (TPSA) is 74.5 Å². The number of nitrogens with zero attached hydrogens (tertiary/aromatic N) is 2. The summed E-state index contributed by atoms with van der Waals surface area (Å²) in [4.78, 5) is 25.8. The Kier molecular flexibility index (Phi) is 5.42. The minimum absolute atomic E-state index is 0.121. The third-order valence-electron chi connectivity index (χ3n) is 5.69. The number of aryl methyl sites for hydroxylation is 2. The number of fused-ring (bicyclic) bond motifs is 3. The van der Waals surface area contributed by atoms with E-state index >= 15 is 0 Å². The summed E-state index contributed by atoms with van der Waals surface area (Å²) in [5, 5.41) is 4.42. The molecule has 7 nitrogen and oxygen atoms in total. The fraction of sp³-hybridized carbons (Fsp3) is 0.250. The number of benzene rings is 2. The first-order valence-electron chi connectivity index (χ1n) is 10.0. The highest BCUT2D eigenvalue weighted by Crippen LogP contribution is 2.26. The van der Waals surface area contributed by atoms with Crippen LogP contribution in [0.25, 0.3) is 21.8 Å². The predicted molar refractivity (Wildman–Crippen MR) is 121 cm³/mol. The maximum Gasteiger partial charge on any atom is 0.267 e. The van der Waals surface area contributed by atoms with Crippen LogP contribution in [0.3, 0.4) is 0 Å². The molecule has 160 valence electrons. The summed E-state index contributed by atoms with van der Waals surface area (Å²) >= 11 is 0. The Labute approximate surface area is 179 Å². The van der Waals surface area contributed by atoms with Gasteiger partial charge in [-0.1, -0.05) is 18.2 Å².